The fourth-order valence-electron chi connectivity index (χ4n) is 2.57. The number of aryl methyl sites for hydroxylation is 1. The first kappa shape index (κ1) is 18.1. The fourth-order valence-corrected chi connectivity index (χ4v) is 4.01. The summed E-state index contributed by atoms with van der Waals surface area (Å²) in [6, 6.07) is 14.2. The van der Waals surface area contributed by atoms with E-state index in [0.717, 1.165) is 15.6 Å². The van der Waals surface area contributed by atoms with E-state index in [0.29, 0.717) is 32.1 Å². The van der Waals surface area contributed by atoms with Crippen LogP contribution in [0.15, 0.2) is 62.3 Å². The maximum Gasteiger partial charge on any atom is 0.284 e. The quantitative estimate of drug-likeness (QED) is 0.562. The third-order valence-electron chi connectivity index (χ3n) is 3.92. The molecule has 0 amide bonds. The van der Waals surface area contributed by atoms with Crippen molar-refractivity contribution in [1.82, 2.24) is 4.90 Å². The summed E-state index contributed by atoms with van der Waals surface area (Å²) in [4.78, 5) is 2.15. The molecule has 1 aliphatic heterocycles. The molecule has 0 spiro atoms. The van der Waals surface area contributed by atoms with Crippen LogP contribution < -0.4 is 0 Å². The normalized spacial score (nSPS) is 16.1. The van der Waals surface area contributed by atoms with Crippen LogP contribution >= 0.6 is 15.9 Å². The summed E-state index contributed by atoms with van der Waals surface area (Å²) >= 11 is 3.44. The molecule has 1 fully saturated rings. The lowest BCUT2D eigenvalue weighted by Crippen LogP contribution is -2.41. The molecule has 3 rings (SSSR count). The first-order chi connectivity index (χ1) is 12.0. The second-order valence-corrected chi connectivity index (χ2v) is 8.33. The van der Waals surface area contributed by atoms with Crippen molar-refractivity contribution in [2.45, 2.75) is 11.8 Å². The zero-order valence-electron chi connectivity index (χ0n) is 13.9. The zero-order chi connectivity index (χ0) is 17.9. The second kappa shape index (κ2) is 7.68. The monoisotopic (exact) mass is 422 g/mol. The van der Waals surface area contributed by atoms with Crippen LogP contribution in [-0.2, 0) is 14.8 Å². The molecule has 1 aliphatic rings. The van der Waals surface area contributed by atoms with Gasteiger partial charge in [0.15, 0.2) is 0 Å². The number of nitrogens with zero attached hydrogens (tertiary/aromatic N) is 2. The van der Waals surface area contributed by atoms with Crippen LogP contribution in [0.4, 0.5) is 0 Å². The Morgan fingerprint density at radius 2 is 1.80 bits per heavy atom. The number of morpholine rings is 1. The van der Waals surface area contributed by atoms with E-state index in [1.165, 1.54) is 0 Å². The maximum absolute atomic E-state index is 12.8. The molecule has 5 nitrogen and oxygen atoms in total. The molecule has 25 heavy (non-hydrogen) atoms. The molecular weight excluding hydrogens is 404 g/mol. The molecule has 0 bridgehead atoms. The number of ether oxygens (including phenoxy) is 1. The standard InChI is InChI=1S/C18H19BrN2O3S/c1-14-5-7-17(8-6-14)25(22,23)20-18(21-9-11-24-12-10-21)15-3-2-4-16(19)13-15/h2-8,13H,9-12H2,1H3/b20-18+. The van der Waals surface area contributed by atoms with Gasteiger partial charge in [0.25, 0.3) is 10.0 Å². The van der Waals surface area contributed by atoms with Crippen molar-refractivity contribution < 1.29 is 13.2 Å². The van der Waals surface area contributed by atoms with E-state index in [1.807, 2.05) is 36.1 Å². The summed E-state index contributed by atoms with van der Waals surface area (Å²) < 4.78 is 36.0. The lowest BCUT2D eigenvalue weighted by atomic mass is 10.2. The van der Waals surface area contributed by atoms with Gasteiger partial charge < -0.3 is 9.64 Å². The third kappa shape index (κ3) is 4.48. The Morgan fingerprint density at radius 3 is 2.44 bits per heavy atom. The van der Waals surface area contributed by atoms with Crippen LogP contribution in [0.1, 0.15) is 11.1 Å². The molecule has 2 aromatic carbocycles. The van der Waals surface area contributed by atoms with E-state index in [1.54, 1.807) is 24.3 Å². The topological polar surface area (TPSA) is 59.0 Å². The number of sulfonamides is 1. The highest BCUT2D eigenvalue weighted by Gasteiger charge is 2.22. The highest BCUT2D eigenvalue weighted by atomic mass is 79.9. The number of benzene rings is 2. The van der Waals surface area contributed by atoms with Gasteiger partial charge in [-0.3, -0.25) is 0 Å². The smallest absolute Gasteiger partial charge is 0.284 e. The Bertz CT molecular complexity index is 873. The molecule has 0 atom stereocenters. The highest BCUT2D eigenvalue weighted by molar-refractivity contribution is 9.10. The molecule has 7 heteroatoms. The van der Waals surface area contributed by atoms with Gasteiger partial charge in [0.05, 0.1) is 18.1 Å². The van der Waals surface area contributed by atoms with Crippen molar-refractivity contribution >= 4 is 31.8 Å². The number of rotatable bonds is 3. The summed E-state index contributed by atoms with van der Waals surface area (Å²) in [7, 11) is -3.80. The van der Waals surface area contributed by atoms with Gasteiger partial charge in [-0.2, -0.15) is 8.42 Å². The van der Waals surface area contributed by atoms with Gasteiger partial charge in [0.2, 0.25) is 0 Å². The molecule has 0 radical (unpaired) electrons. The Hall–Kier alpha value is -1.70. The molecule has 0 aromatic heterocycles. The Morgan fingerprint density at radius 1 is 1.12 bits per heavy atom. The van der Waals surface area contributed by atoms with E-state index < -0.39 is 10.0 Å². The van der Waals surface area contributed by atoms with E-state index in [9.17, 15) is 8.42 Å². The van der Waals surface area contributed by atoms with Gasteiger partial charge in [0.1, 0.15) is 5.84 Å². The minimum atomic E-state index is -3.80. The molecular formula is C18H19BrN2O3S. The van der Waals surface area contributed by atoms with Crippen molar-refractivity contribution in [3.63, 3.8) is 0 Å². The van der Waals surface area contributed by atoms with Gasteiger partial charge in [-0.15, -0.1) is 4.40 Å². The van der Waals surface area contributed by atoms with Crippen molar-refractivity contribution in [2.75, 3.05) is 26.3 Å². The molecule has 0 aliphatic carbocycles. The SMILES string of the molecule is Cc1ccc(S(=O)(=O)/N=C(\c2cccc(Br)c2)N2CCOCC2)cc1. The third-order valence-corrected chi connectivity index (χ3v) is 5.69. The van der Waals surface area contributed by atoms with Crippen molar-refractivity contribution in [3.8, 4) is 0 Å². The molecule has 1 heterocycles. The van der Waals surface area contributed by atoms with Crippen LogP contribution in [-0.4, -0.2) is 45.5 Å². The van der Waals surface area contributed by atoms with Gasteiger partial charge >= 0.3 is 0 Å². The molecule has 0 unspecified atom stereocenters. The molecule has 0 N–H and O–H groups in total. The van der Waals surface area contributed by atoms with Crippen LogP contribution in [0.2, 0.25) is 0 Å². The minimum Gasteiger partial charge on any atom is -0.378 e. The van der Waals surface area contributed by atoms with E-state index in [2.05, 4.69) is 20.3 Å². The summed E-state index contributed by atoms with van der Waals surface area (Å²) in [5.41, 5.74) is 1.76. The second-order valence-electron chi connectivity index (χ2n) is 5.81. The number of amidine groups is 1. The average Bonchev–Trinajstić information content (AvgIpc) is 2.61. The highest BCUT2D eigenvalue weighted by Crippen LogP contribution is 2.19. The number of halogens is 1. The lowest BCUT2D eigenvalue weighted by Gasteiger charge is -2.29. The summed E-state index contributed by atoms with van der Waals surface area (Å²) in [5, 5.41) is 0. The van der Waals surface area contributed by atoms with Crippen LogP contribution in [0.3, 0.4) is 0 Å². The van der Waals surface area contributed by atoms with E-state index in [4.69, 9.17) is 4.74 Å². The Labute approximate surface area is 156 Å². The summed E-state index contributed by atoms with van der Waals surface area (Å²) in [6.45, 7) is 4.24. The van der Waals surface area contributed by atoms with Crippen LogP contribution in [0.5, 0.6) is 0 Å². The van der Waals surface area contributed by atoms with Gasteiger partial charge in [-0.1, -0.05) is 45.8 Å². The molecule has 1 saturated heterocycles. The summed E-state index contributed by atoms with van der Waals surface area (Å²) in [6.07, 6.45) is 0. The largest absolute Gasteiger partial charge is 0.378 e. The van der Waals surface area contributed by atoms with E-state index in [-0.39, 0.29) is 4.90 Å². The molecule has 0 saturated carbocycles. The van der Waals surface area contributed by atoms with Crippen molar-refractivity contribution in [1.29, 1.82) is 0 Å². The minimum absolute atomic E-state index is 0.193. The van der Waals surface area contributed by atoms with Crippen LogP contribution in [0.25, 0.3) is 0 Å². The predicted octanol–water partition coefficient (Wildman–Crippen LogP) is 3.23. The van der Waals surface area contributed by atoms with Crippen molar-refractivity contribution in [3.05, 3.63) is 64.1 Å². The van der Waals surface area contributed by atoms with Crippen molar-refractivity contribution in [2.24, 2.45) is 4.40 Å². The molecule has 2 aromatic rings. The van der Waals surface area contributed by atoms with Gasteiger partial charge in [0, 0.05) is 23.1 Å². The fraction of sp³-hybridized carbons (Fsp3) is 0.278. The van der Waals surface area contributed by atoms with Gasteiger partial charge in [-0.05, 0) is 31.2 Å². The van der Waals surface area contributed by atoms with Gasteiger partial charge in [-0.25, -0.2) is 0 Å². The number of hydrogen-bond acceptors (Lipinski definition) is 3. The Kier molecular flexibility index (Phi) is 5.56. The van der Waals surface area contributed by atoms with Crippen LogP contribution in [0, 0.1) is 6.92 Å². The summed E-state index contributed by atoms with van der Waals surface area (Å²) in [5.74, 6) is 0.449. The molecule has 132 valence electrons. The average molecular weight is 423 g/mol. The first-order valence-electron chi connectivity index (χ1n) is 7.96. The zero-order valence-corrected chi connectivity index (χ0v) is 16.3. The predicted molar refractivity (Wildman–Crippen MR) is 101 cm³/mol. The number of hydrogen-bond donors (Lipinski definition) is 0. The Balaban J connectivity index is 2.06. The first-order valence-corrected chi connectivity index (χ1v) is 10.2. The maximum atomic E-state index is 12.8. The van der Waals surface area contributed by atoms with E-state index >= 15 is 0 Å². The lowest BCUT2D eigenvalue weighted by molar-refractivity contribution is 0.0683.